The van der Waals surface area contributed by atoms with E-state index >= 15 is 0 Å². The van der Waals surface area contributed by atoms with E-state index < -0.39 is 0 Å². The molecule has 0 fully saturated rings. The van der Waals surface area contributed by atoms with Crippen molar-refractivity contribution in [2.45, 2.75) is 33.4 Å². The fourth-order valence-corrected chi connectivity index (χ4v) is 2.10. The van der Waals surface area contributed by atoms with Crippen molar-refractivity contribution in [1.29, 1.82) is 0 Å². The molecule has 3 nitrogen and oxygen atoms in total. The first-order valence-electron chi connectivity index (χ1n) is 7.55. The molecule has 0 amide bonds. The molecular formula is C18H25NO2. The minimum Gasteiger partial charge on any atom is -0.468 e. The van der Waals surface area contributed by atoms with Gasteiger partial charge in [-0.2, -0.15) is 0 Å². The second-order valence-corrected chi connectivity index (χ2v) is 5.87. The lowest BCUT2D eigenvalue weighted by molar-refractivity contribution is 0.0844. The number of hydrogen-bond donors (Lipinski definition) is 1. The molecule has 0 bridgehead atoms. The second kappa shape index (κ2) is 8.01. The molecule has 21 heavy (non-hydrogen) atoms. The molecule has 3 heteroatoms. The zero-order valence-corrected chi connectivity index (χ0v) is 13.1. The number of benzene rings is 1. The van der Waals surface area contributed by atoms with Crippen molar-refractivity contribution in [2.24, 2.45) is 5.92 Å². The quantitative estimate of drug-likeness (QED) is 0.794. The molecule has 114 valence electrons. The normalized spacial score (nSPS) is 12.8. The van der Waals surface area contributed by atoms with Crippen LogP contribution in [0.3, 0.4) is 0 Å². The first-order chi connectivity index (χ1) is 10.1. The Morgan fingerprint density at radius 1 is 1.10 bits per heavy atom. The predicted octanol–water partition coefficient (Wildman–Crippen LogP) is 4.09. The summed E-state index contributed by atoms with van der Waals surface area (Å²) in [5.41, 5.74) is 2.54. The molecule has 1 N–H and O–H groups in total. The highest BCUT2D eigenvalue weighted by Gasteiger charge is 2.14. The van der Waals surface area contributed by atoms with E-state index in [0.717, 1.165) is 18.9 Å². The van der Waals surface area contributed by atoms with Crippen LogP contribution >= 0.6 is 0 Å². The lowest BCUT2D eigenvalue weighted by Crippen LogP contribution is -2.25. The smallest absolute Gasteiger partial charge is 0.123 e. The van der Waals surface area contributed by atoms with Gasteiger partial charge in [-0.15, -0.1) is 0 Å². The van der Waals surface area contributed by atoms with Crippen LogP contribution < -0.4 is 5.32 Å². The van der Waals surface area contributed by atoms with Crippen molar-refractivity contribution in [2.75, 3.05) is 13.2 Å². The van der Waals surface area contributed by atoms with Crippen LogP contribution in [0.1, 0.15) is 36.8 Å². The molecule has 0 aliphatic rings. The van der Waals surface area contributed by atoms with Gasteiger partial charge in [0.15, 0.2) is 0 Å². The minimum atomic E-state index is 0.0834. The zero-order valence-electron chi connectivity index (χ0n) is 13.1. The molecule has 0 aliphatic carbocycles. The summed E-state index contributed by atoms with van der Waals surface area (Å²) in [6, 6.07) is 12.6. The van der Waals surface area contributed by atoms with Gasteiger partial charge >= 0.3 is 0 Å². The van der Waals surface area contributed by atoms with Gasteiger partial charge in [0.05, 0.1) is 18.9 Å². The maximum atomic E-state index is 5.77. The monoisotopic (exact) mass is 287 g/mol. The SMILES string of the molecule is Cc1ccc(CNC(COCC(C)C)c2ccco2)cc1. The topological polar surface area (TPSA) is 34.4 Å². The molecule has 2 rings (SSSR count). The first-order valence-corrected chi connectivity index (χ1v) is 7.55. The Balaban J connectivity index is 1.91. The standard InChI is InChI=1S/C18H25NO2/c1-14(2)12-20-13-17(18-5-4-10-21-18)19-11-16-8-6-15(3)7-9-16/h4-10,14,17,19H,11-13H2,1-3H3. The Morgan fingerprint density at radius 3 is 2.48 bits per heavy atom. The third-order valence-corrected chi connectivity index (χ3v) is 3.30. The molecule has 1 heterocycles. The fraction of sp³-hybridized carbons (Fsp3) is 0.444. The van der Waals surface area contributed by atoms with E-state index in [4.69, 9.17) is 9.15 Å². The first kappa shape index (κ1) is 15.8. The summed E-state index contributed by atoms with van der Waals surface area (Å²) in [6.07, 6.45) is 1.71. The third kappa shape index (κ3) is 5.37. The summed E-state index contributed by atoms with van der Waals surface area (Å²) < 4.78 is 11.3. The van der Waals surface area contributed by atoms with E-state index in [2.05, 4.69) is 50.4 Å². The van der Waals surface area contributed by atoms with Crippen LogP contribution in [0.5, 0.6) is 0 Å². The van der Waals surface area contributed by atoms with Crippen molar-refractivity contribution >= 4 is 0 Å². The molecule has 0 spiro atoms. The minimum absolute atomic E-state index is 0.0834. The molecule has 0 radical (unpaired) electrons. The summed E-state index contributed by atoms with van der Waals surface area (Å²) >= 11 is 0. The molecule has 2 aromatic rings. The van der Waals surface area contributed by atoms with Gasteiger partial charge in [0.2, 0.25) is 0 Å². The van der Waals surface area contributed by atoms with E-state index in [-0.39, 0.29) is 6.04 Å². The number of furan rings is 1. The average Bonchev–Trinajstić information content (AvgIpc) is 2.98. The van der Waals surface area contributed by atoms with E-state index in [1.54, 1.807) is 6.26 Å². The Morgan fingerprint density at radius 2 is 1.86 bits per heavy atom. The summed E-state index contributed by atoms with van der Waals surface area (Å²) in [5.74, 6) is 1.46. The molecule has 1 unspecified atom stereocenters. The van der Waals surface area contributed by atoms with Gasteiger partial charge in [0.1, 0.15) is 5.76 Å². The fourth-order valence-electron chi connectivity index (χ4n) is 2.10. The van der Waals surface area contributed by atoms with Crippen LogP contribution in [-0.2, 0) is 11.3 Å². The summed E-state index contributed by atoms with van der Waals surface area (Å²) in [5, 5.41) is 3.51. The molecule has 0 saturated heterocycles. The van der Waals surface area contributed by atoms with Crippen LogP contribution in [0.25, 0.3) is 0 Å². The number of rotatable bonds is 8. The highest BCUT2D eigenvalue weighted by atomic mass is 16.5. The van der Waals surface area contributed by atoms with Crippen LogP contribution in [0.15, 0.2) is 47.1 Å². The largest absolute Gasteiger partial charge is 0.468 e. The number of ether oxygens (including phenoxy) is 1. The molecule has 1 aromatic heterocycles. The highest BCUT2D eigenvalue weighted by Crippen LogP contribution is 2.15. The average molecular weight is 287 g/mol. The molecule has 1 aromatic carbocycles. The van der Waals surface area contributed by atoms with Crippen molar-refractivity contribution < 1.29 is 9.15 Å². The number of hydrogen-bond acceptors (Lipinski definition) is 3. The third-order valence-electron chi connectivity index (χ3n) is 3.30. The zero-order chi connectivity index (χ0) is 15.1. The molecule has 0 saturated carbocycles. The Bertz CT molecular complexity index is 503. The molecule has 1 atom stereocenters. The summed E-state index contributed by atoms with van der Waals surface area (Å²) in [7, 11) is 0. The van der Waals surface area contributed by atoms with Gasteiger partial charge in [-0.1, -0.05) is 43.7 Å². The maximum Gasteiger partial charge on any atom is 0.123 e. The number of aryl methyl sites for hydroxylation is 1. The van der Waals surface area contributed by atoms with Gasteiger partial charge in [-0.05, 0) is 30.5 Å². The predicted molar refractivity (Wildman–Crippen MR) is 85.1 cm³/mol. The van der Waals surface area contributed by atoms with Crippen molar-refractivity contribution in [3.8, 4) is 0 Å². The van der Waals surface area contributed by atoms with E-state index in [1.807, 2.05) is 12.1 Å². The van der Waals surface area contributed by atoms with Gasteiger partial charge in [-0.3, -0.25) is 0 Å². The van der Waals surface area contributed by atoms with Crippen molar-refractivity contribution in [3.63, 3.8) is 0 Å². The van der Waals surface area contributed by atoms with Crippen LogP contribution in [0, 0.1) is 12.8 Å². The summed E-state index contributed by atoms with van der Waals surface area (Å²) in [4.78, 5) is 0. The maximum absolute atomic E-state index is 5.77. The Labute approximate surface area is 127 Å². The van der Waals surface area contributed by atoms with Crippen molar-refractivity contribution in [1.82, 2.24) is 5.32 Å². The lowest BCUT2D eigenvalue weighted by Gasteiger charge is -2.18. The Hall–Kier alpha value is -1.58. The van der Waals surface area contributed by atoms with Gasteiger partial charge in [-0.25, -0.2) is 0 Å². The number of nitrogens with one attached hydrogen (secondary N) is 1. The Kier molecular flexibility index (Phi) is 6.03. The molecular weight excluding hydrogens is 262 g/mol. The van der Waals surface area contributed by atoms with E-state index in [9.17, 15) is 0 Å². The van der Waals surface area contributed by atoms with Crippen LogP contribution in [-0.4, -0.2) is 13.2 Å². The summed E-state index contributed by atoms with van der Waals surface area (Å²) in [6.45, 7) is 8.60. The van der Waals surface area contributed by atoms with Gasteiger partial charge < -0.3 is 14.5 Å². The van der Waals surface area contributed by atoms with Crippen LogP contribution in [0.2, 0.25) is 0 Å². The van der Waals surface area contributed by atoms with Gasteiger partial charge in [0.25, 0.3) is 0 Å². The lowest BCUT2D eigenvalue weighted by atomic mass is 10.1. The van der Waals surface area contributed by atoms with Crippen LogP contribution in [0.4, 0.5) is 0 Å². The second-order valence-electron chi connectivity index (χ2n) is 5.87. The highest BCUT2D eigenvalue weighted by molar-refractivity contribution is 5.21. The molecule has 0 aliphatic heterocycles. The van der Waals surface area contributed by atoms with E-state index in [1.165, 1.54) is 11.1 Å². The van der Waals surface area contributed by atoms with Crippen molar-refractivity contribution in [3.05, 3.63) is 59.5 Å². The van der Waals surface area contributed by atoms with E-state index in [0.29, 0.717) is 12.5 Å². The van der Waals surface area contributed by atoms with Gasteiger partial charge in [0, 0.05) is 13.2 Å².